The zero-order valence-corrected chi connectivity index (χ0v) is 54.2. The van der Waals surface area contributed by atoms with Gasteiger partial charge >= 0.3 is 7.12 Å². The van der Waals surface area contributed by atoms with Crippen molar-refractivity contribution >= 4 is 171 Å². The Balaban J connectivity index is 0.000000108. The third kappa shape index (κ3) is 8.72. The van der Waals surface area contributed by atoms with Gasteiger partial charge in [0, 0.05) is 69.5 Å². The van der Waals surface area contributed by atoms with Crippen LogP contribution < -0.4 is 5.46 Å². The topological polar surface area (TPSA) is 106 Å². The SMILES string of the molecule is Brc1ccc(-c2cccc3c2oc2ccccc23)cc1.CC1(C)OB(c2ccc3oc4c5ccccc5c5nc6ccccc6n5c4c3c2)OC1(C)C.c1ccc2c(c1)nc1c3ccccc3c3oc4ccc(-c5ccc(-c6cccc7c6oc6ccccc67)cc5)cc4c3n21. The summed E-state index contributed by atoms with van der Waals surface area (Å²) in [6.07, 6.45) is 0. The lowest BCUT2D eigenvalue weighted by Gasteiger charge is -2.32. The van der Waals surface area contributed by atoms with Gasteiger partial charge in [0.25, 0.3) is 0 Å². The monoisotopic (exact) mass is 1310 g/mol. The molecule has 0 atom stereocenters. The number of furan rings is 4. The molecule has 1 fully saturated rings. The van der Waals surface area contributed by atoms with E-state index in [4.69, 9.17) is 36.9 Å². The zero-order chi connectivity index (χ0) is 64.1. The summed E-state index contributed by atoms with van der Waals surface area (Å²) in [5.74, 6) is 0. The van der Waals surface area contributed by atoms with E-state index in [1.807, 2.05) is 66.7 Å². The van der Waals surface area contributed by atoms with Crippen LogP contribution in [0.2, 0.25) is 0 Å². The van der Waals surface area contributed by atoms with E-state index in [0.717, 1.165) is 175 Å². The molecule has 458 valence electrons. The van der Waals surface area contributed by atoms with Crippen LogP contribution in [0, 0.1) is 0 Å². The van der Waals surface area contributed by atoms with Gasteiger partial charge in [0.05, 0.1) is 33.3 Å². The predicted octanol–water partition coefficient (Wildman–Crippen LogP) is 22.6. The molecule has 1 aliphatic heterocycles. The Morgan fingerprint density at radius 3 is 1.22 bits per heavy atom. The van der Waals surface area contributed by atoms with Crippen molar-refractivity contribution in [1.29, 1.82) is 0 Å². The number of hydrogen-bond acceptors (Lipinski definition) is 8. The Morgan fingerprint density at radius 2 is 0.698 bits per heavy atom. The van der Waals surface area contributed by atoms with Crippen molar-refractivity contribution in [3.05, 3.63) is 271 Å². The van der Waals surface area contributed by atoms with Crippen molar-refractivity contribution in [2.24, 2.45) is 0 Å². The quantitative estimate of drug-likeness (QED) is 0.160. The average molecular weight is 1310 g/mol. The van der Waals surface area contributed by atoms with E-state index in [9.17, 15) is 0 Å². The lowest BCUT2D eigenvalue weighted by molar-refractivity contribution is 0.00578. The number of halogens is 1. The molecule has 0 unspecified atom stereocenters. The molecule has 8 aromatic heterocycles. The number of pyridine rings is 2. The van der Waals surface area contributed by atoms with Crippen molar-refractivity contribution < 1.29 is 27.0 Å². The highest BCUT2D eigenvalue weighted by Gasteiger charge is 2.52. The van der Waals surface area contributed by atoms with Gasteiger partial charge in [-0.05, 0) is 128 Å². The van der Waals surface area contributed by atoms with Gasteiger partial charge in [0.15, 0.2) is 11.2 Å². The van der Waals surface area contributed by atoms with Crippen LogP contribution in [0.1, 0.15) is 27.7 Å². The number of fused-ring (bicyclic) bond motifs is 26. The molecule has 9 heterocycles. The van der Waals surface area contributed by atoms with Gasteiger partial charge in [-0.1, -0.05) is 210 Å². The Kier molecular flexibility index (Phi) is 12.5. The van der Waals surface area contributed by atoms with E-state index in [1.54, 1.807) is 0 Å². The Bertz CT molecular complexity index is 6550. The molecule has 20 aromatic rings. The smallest absolute Gasteiger partial charge is 0.455 e. The molecule has 96 heavy (non-hydrogen) atoms. The molecule has 0 aliphatic carbocycles. The summed E-state index contributed by atoms with van der Waals surface area (Å²) < 4.78 is 43.6. The first-order valence-electron chi connectivity index (χ1n) is 32.3. The third-order valence-corrected chi connectivity index (χ3v) is 20.3. The van der Waals surface area contributed by atoms with Gasteiger partial charge in [0.2, 0.25) is 0 Å². The van der Waals surface area contributed by atoms with Crippen LogP contribution in [0.4, 0.5) is 0 Å². The van der Waals surface area contributed by atoms with Gasteiger partial charge in [-0.2, -0.15) is 0 Å². The van der Waals surface area contributed by atoms with E-state index < -0.39 is 18.3 Å². The molecule has 0 radical (unpaired) electrons. The second-order valence-electron chi connectivity index (χ2n) is 25.9. The van der Waals surface area contributed by atoms with Crippen LogP contribution in [-0.4, -0.2) is 37.1 Å². The fourth-order valence-corrected chi connectivity index (χ4v) is 14.6. The maximum atomic E-state index is 6.57. The highest BCUT2D eigenvalue weighted by atomic mass is 79.9. The highest BCUT2D eigenvalue weighted by molar-refractivity contribution is 9.10. The highest BCUT2D eigenvalue weighted by Crippen LogP contribution is 2.44. The fourth-order valence-electron chi connectivity index (χ4n) is 14.3. The molecular weight excluding hydrogens is 1250 g/mol. The normalized spacial score (nSPS) is 13.9. The van der Waals surface area contributed by atoms with Crippen LogP contribution >= 0.6 is 15.9 Å². The van der Waals surface area contributed by atoms with Crippen molar-refractivity contribution in [3.63, 3.8) is 0 Å². The molecule has 0 spiro atoms. The van der Waals surface area contributed by atoms with E-state index >= 15 is 0 Å². The van der Waals surface area contributed by atoms with E-state index in [2.05, 4.69) is 253 Å². The van der Waals surface area contributed by atoms with Crippen molar-refractivity contribution in [2.75, 3.05) is 0 Å². The number of hydrogen-bond donors (Lipinski definition) is 0. The maximum absolute atomic E-state index is 6.57. The van der Waals surface area contributed by atoms with Crippen molar-refractivity contribution in [2.45, 2.75) is 38.9 Å². The number of para-hydroxylation sites is 8. The molecule has 0 bridgehead atoms. The van der Waals surface area contributed by atoms with Gasteiger partial charge in [-0.3, -0.25) is 8.80 Å². The average Bonchev–Trinajstić information content (AvgIpc) is 1.55. The second-order valence-corrected chi connectivity index (χ2v) is 26.8. The predicted molar refractivity (Wildman–Crippen MR) is 396 cm³/mol. The zero-order valence-electron chi connectivity index (χ0n) is 52.6. The van der Waals surface area contributed by atoms with Crippen molar-refractivity contribution in [3.8, 4) is 33.4 Å². The number of imidazole rings is 2. The van der Waals surface area contributed by atoms with Crippen LogP contribution in [0.25, 0.3) is 176 Å². The standard InChI is InChI=1S/C39H22N2O2.C27H23BN2O3.C18H11BrO/c1-2-10-30-29(9-1)38-36(41-33-14-5-4-13-32(33)40-39(30)41)31-22-25(20-21-35(31)43-38)23-16-18-24(19-17-23)26-11-7-12-28-27-8-3-6-15-34(27)42-37(26)28;1-26(2)27(3,4)33-28(32-26)16-13-14-22-19(15-16)23-24(31-22)17-9-5-6-10-18(17)25-29-20-11-7-8-12-21(20)30(23)25;19-13-10-8-12(9-11-13)14-5-3-6-16-15-4-1-2-7-17(15)20-18(14)16/h1-22H;5-15H,1-4H3;1-11H. The summed E-state index contributed by atoms with van der Waals surface area (Å²) in [5, 5.41) is 11.0. The molecule has 0 amide bonds. The summed E-state index contributed by atoms with van der Waals surface area (Å²) in [4.78, 5) is 10.0. The first-order chi connectivity index (χ1) is 47.0. The number of aromatic nitrogens is 4. The van der Waals surface area contributed by atoms with Crippen LogP contribution in [0.15, 0.2) is 289 Å². The number of nitrogens with zero attached hydrogens (tertiary/aromatic N) is 4. The minimum Gasteiger partial charge on any atom is -0.455 e. The fraction of sp³-hybridized carbons (Fsp3) is 0.0714. The Labute approximate surface area is 557 Å². The summed E-state index contributed by atoms with van der Waals surface area (Å²) >= 11 is 3.47. The first-order valence-corrected chi connectivity index (χ1v) is 33.1. The largest absolute Gasteiger partial charge is 0.494 e. The summed E-state index contributed by atoms with van der Waals surface area (Å²) in [7, 11) is -0.431. The molecule has 21 rings (SSSR count). The van der Waals surface area contributed by atoms with Crippen LogP contribution in [-0.2, 0) is 9.31 Å². The van der Waals surface area contributed by atoms with Crippen LogP contribution in [0.3, 0.4) is 0 Å². The van der Waals surface area contributed by atoms with Gasteiger partial charge in [-0.15, -0.1) is 0 Å². The van der Waals surface area contributed by atoms with Gasteiger partial charge < -0.3 is 27.0 Å². The lowest BCUT2D eigenvalue weighted by Crippen LogP contribution is -2.41. The van der Waals surface area contributed by atoms with Gasteiger partial charge in [0.1, 0.15) is 55.8 Å². The molecule has 12 aromatic carbocycles. The summed E-state index contributed by atoms with van der Waals surface area (Å²) in [6.45, 7) is 8.30. The minimum absolute atomic E-state index is 0.394. The molecule has 10 nitrogen and oxygen atoms in total. The molecule has 12 heteroatoms. The van der Waals surface area contributed by atoms with Crippen molar-refractivity contribution in [1.82, 2.24) is 18.8 Å². The van der Waals surface area contributed by atoms with Gasteiger partial charge in [-0.25, -0.2) is 9.97 Å². The van der Waals surface area contributed by atoms with Crippen LogP contribution in [0.5, 0.6) is 0 Å². The molecule has 0 N–H and O–H groups in total. The van der Waals surface area contributed by atoms with E-state index in [-0.39, 0.29) is 0 Å². The van der Waals surface area contributed by atoms with E-state index in [1.165, 1.54) is 10.8 Å². The molecular formula is C84H56BBrN4O6. The Morgan fingerprint density at radius 1 is 0.323 bits per heavy atom. The maximum Gasteiger partial charge on any atom is 0.494 e. The second kappa shape index (κ2) is 21.4. The first kappa shape index (κ1) is 56.3. The van der Waals surface area contributed by atoms with E-state index in [0.29, 0.717) is 0 Å². The summed E-state index contributed by atoms with van der Waals surface area (Å²) in [6, 6.07) is 92.1. The molecule has 1 aliphatic rings. The lowest BCUT2D eigenvalue weighted by atomic mass is 9.78. The third-order valence-electron chi connectivity index (χ3n) is 19.8. The number of rotatable bonds is 4. The Hall–Kier alpha value is -11.3. The number of benzene rings is 12. The molecule has 1 saturated heterocycles. The minimum atomic E-state index is -0.431. The molecule has 0 saturated carbocycles. The summed E-state index contributed by atoms with van der Waals surface area (Å²) in [5.41, 5.74) is 22.2.